The minimum atomic E-state index is 0.694. The van der Waals surface area contributed by atoms with Crippen LogP contribution in [0.3, 0.4) is 0 Å². The van der Waals surface area contributed by atoms with Crippen molar-refractivity contribution in [2.24, 2.45) is 0 Å². The van der Waals surface area contributed by atoms with Crippen LogP contribution in [-0.4, -0.2) is 25.1 Å². The second-order valence-corrected chi connectivity index (χ2v) is 5.90. The summed E-state index contributed by atoms with van der Waals surface area (Å²) in [6.07, 6.45) is 0. The van der Waals surface area contributed by atoms with E-state index in [9.17, 15) is 0 Å². The first-order valence-electron chi connectivity index (χ1n) is 5.84. The quantitative estimate of drug-likeness (QED) is 0.796. The van der Waals surface area contributed by atoms with Crippen molar-refractivity contribution in [3.8, 4) is 5.75 Å². The monoisotopic (exact) mass is 281 g/mol. The molecule has 2 aromatic rings. The van der Waals surface area contributed by atoms with Gasteiger partial charge < -0.3 is 4.74 Å². The van der Waals surface area contributed by atoms with Gasteiger partial charge in [-0.2, -0.15) is 0 Å². The summed E-state index contributed by atoms with van der Waals surface area (Å²) in [6.45, 7) is 2.50. The van der Waals surface area contributed by atoms with E-state index < -0.39 is 0 Å². The number of hydrogen-bond donors (Lipinski definition) is 0. The van der Waals surface area contributed by atoms with Crippen LogP contribution in [0.5, 0.6) is 5.75 Å². The Morgan fingerprint density at radius 3 is 2.61 bits per heavy atom. The van der Waals surface area contributed by atoms with Crippen LogP contribution in [0.15, 0.2) is 42.5 Å². The van der Waals surface area contributed by atoms with E-state index in [0.29, 0.717) is 6.61 Å². The van der Waals surface area contributed by atoms with Crippen molar-refractivity contribution in [1.82, 2.24) is 4.90 Å². The first-order valence-corrected chi connectivity index (χ1v) is 7.04. The van der Waals surface area contributed by atoms with Gasteiger partial charge in [-0.3, -0.25) is 4.90 Å². The molecule has 0 radical (unpaired) electrons. The standard InChI is InChI=1S/C14H16ClNOS/c1-16(11-13-7-8-14(15)18-13)9-10-17-12-5-3-2-4-6-12/h2-8H,9-11H2,1H3. The number of halogens is 1. The Morgan fingerprint density at radius 2 is 1.94 bits per heavy atom. The lowest BCUT2D eigenvalue weighted by atomic mass is 10.3. The number of nitrogens with zero attached hydrogens (tertiary/aromatic N) is 1. The Hall–Kier alpha value is -1.03. The summed E-state index contributed by atoms with van der Waals surface area (Å²) in [5.74, 6) is 0.921. The van der Waals surface area contributed by atoms with Gasteiger partial charge in [0.25, 0.3) is 0 Å². The van der Waals surface area contributed by atoms with E-state index in [2.05, 4.69) is 18.0 Å². The molecule has 0 atom stereocenters. The van der Waals surface area contributed by atoms with Crippen LogP contribution >= 0.6 is 22.9 Å². The van der Waals surface area contributed by atoms with E-state index in [-0.39, 0.29) is 0 Å². The molecule has 96 valence electrons. The maximum atomic E-state index is 5.90. The number of rotatable bonds is 6. The van der Waals surface area contributed by atoms with Gasteiger partial charge >= 0.3 is 0 Å². The number of hydrogen-bond acceptors (Lipinski definition) is 3. The van der Waals surface area contributed by atoms with E-state index in [1.54, 1.807) is 11.3 Å². The van der Waals surface area contributed by atoms with Crippen LogP contribution < -0.4 is 4.74 Å². The number of thiophene rings is 1. The average molecular weight is 282 g/mol. The number of benzene rings is 1. The van der Waals surface area contributed by atoms with E-state index in [1.807, 2.05) is 36.4 Å². The smallest absolute Gasteiger partial charge is 0.119 e. The highest BCUT2D eigenvalue weighted by molar-refractivity contribution is 7.16. The van der Waals surface area contributed by atoms with Crippen LogP contribution in [0.1, 0.15) is 4.88 Å². The summed E-state index contributed by atoms with van der Waals surface area (Å²) in [6, 6.07) is 13.9. The molecule has 1 aromatic heterocycles. The fourth-order valence-electron chi connectivity index (χ4n) is 1.62. The average Bonchev–Trinajstić information content (AvgIpc) is 2.76. The lowest BCUT2D eigenvalue weighted by Crippen LogP contribution is -2.23. The Morgan fingerprint density at radius 1 is 1.17 bits per heavy atom. The minimum Gasteiger partial charge on any atom is -0.492 e. The van der Waals surface area contributed by atoms with Gasteiger partial charge in [0.2, 0.25) is 0 Å². The molecule has 0 aliphatic carbocycles. The fraction of sp³-hybridized carbons (Fsp3) is 0.286. The predicted molar refractivity (Wildman–Crippen MR) is 77.6 cm³/mol. The summed E-state index contributed by atoms with van der Waals surface area (Å²) >= 11 is 7.53. The molecule has 1 aromatic carbocycles. The Bertz CT molecular complexity index is 472. The van der Waals surface area contributed by atoms with Crippen LogP contribution in [0.25, 0.3) is 0 Å². The summed E-state index contributed by atoms with van der Waals surface area (Å²) < 4.78 is 6.50. The van der Waals surface area contributed by atoms with Gasteiger partial charge in [-0.1, -0.05) is 29.8 Å². The van der Waals surface area contributed by atoms with E-state index in [4.69, 9.17) is 16.3 Å². The third kappa shape index (κ3) is 4.33. The van der Waals surface area contributed by atoms with Crippen molar-refractivity contribution < 1.29 is 4.74 Å². The zero-order valence-electron chi connectivity index (χ0n) is 10.3. The van der Waals surface area contributed by atoms with Gasteiger partial charge in [-0.05, 0) is 31.3 Å². The van der Waals surface area contributed by atoms with Crippen molar-refractivity contribution >= 4 is 22.9 Å². The Balaban J connectivity index is 1.70. The van der Waals surface area contributed by atoms with E-state index >= 15 is 0 Å². The topological polar surface area (TPSA) is 12.5 Å². The normalized spacial score (nSPS) is 10.8. The zero-order chi connectivity index (χ0) is 12.8. The van der Waals surface area contributed by atoms with Crippen LogP contribution in [0.4, 0.5) is 0 Å². The Labute approximate surface area is 117 Å². The van der Waals surface area contributed by atoms with E-state index in [0.717, 1.165) is 23.2 Å². The lowest BCUT2D eigenvalue weighted by molar-refractivity contribution is 0.234. The molecule has 0 aliphatic heterocycles. The molecule has 0 aliphatic rings. The highest BCUT2D eigenvalue weighted by Gasteiger charge is 2.03. The fourth-order valence-corrected chi connectivity index (χ4v) is 2.79. The van der Waals surface area contributed by atoms with Crippen molar-refractivity contribution in [2.75, 3.05) is 20.2 Å². The molecule has 0 unspecified atom stereocenters. The molecule has 0 spiro atoms. The molecule has 0 bridgehead atoms. The van der Waals surface area contributed by atoms with Crippen LogP contribution in [0, 0.1) is 0 Å². The third-order valence-electron chi connectivity index (χ3n) is 2.54. The molecular weight excluding hydrogens is 266 g/mol. The second-order valence-electron chi connectivity index (χ2n) is 4.11. The van der Waals surface area contributed by atoms with Crippen molar-refractivity contribution in [3.05, 3.63) is 51.7 Å². The van der Waals surface area contributed by atoms with Gasteiger partial charge in [0.1, 0.15) is 12.4 Å². The summed E-state index contributed by atoms with van der Waals surface area (Å²) in [5.41, 5.74) is 0. The number of ether oxygens (including phenoxy) is 1. The minimum absolute atomic E-state index is 0.694. The molecule has 18 heavy (non-hydrogen) atoms. The predicted octanol–water partition coefficient (Wildman–Crippen LogP) is 3.91. The Kier molecular flexibility index (Phi) is 5.05. The number of likely N-dealkylation sites (N-methyl/N-ethyl adjacent to an activating group) is 1. The van der Waals surface area contributed by atoms with E-state index in [1.165, 1.54) is 4.88 Å². The summed E-state index contributed by atoms with van der Waals surface area (Å²) in [4.78, 5) is 3.51. The molecule has 0 saturated carbocycles. The molecule has 2 rings (SSSR count). The molecule has 0 saturated heterocycles. The van der Waals surface area contributed by atoms with Gasteiger partial charge in [-0.15, -0.1) is 11.3 Å². The first-order chi connectivity index (χ1) is 8.74. The van der Waals surface area contributed by atoms with Gasteiger partial charge in [0, 0.05) is 18.0 Å². The number of para-hydroxylation sites is 1. The molecule has 2 nitrogen and oxygen atoms in total. The molecule has 4 heteroatoms. The summed E-state index contributed by atoms with van der Waals surface area (Å²) in [5, 5.41) is 0. The van der Waals surface area contributed by atoms with Gasteiger partial charge in [0.15, 0.2) is 0 Å². The lowest BCUT2D eigenvalue weighted by Gasteiger charge is -2.15. The van der Waals surface area contributed by atoms with Crippen LogP contribution in [0.2, 0.25) is 4.34 Å². The van der Waals surface area contributed by atoms with Crippen LogP contribution in [-0.2, 0) is 6.54 Å². The van der Waals surface area contributed by atoms with Crippen molar-refractivity contribution in [2.45, 2.75) is 6.54 Å². The molecular formula is C14H16ClNOS. The maximum Gasteiger partial charge on any atom is 0.119 e. The largest absolute Gasteiger partial charge is 0.492 e. The molecule has 0 fully saturated rings. The van der Waals surface area contributed by atoms with Crippen molar-refractivity contribution in [3.63, 3.8) is 0 Å². The first kappa shape index (κ1) is 13.4. The van der Waals surface area contributed by atoms with Crippen molar-refractivity contribution in [1.29, 1.82) is 0 Å². The maximum absolute atomic E-state index is 5.90. The zero-order valence-corrected chi connectivity index (χ0v) is 11.9. The third-order valence-corrected chi connectivity index (χ3v) is 3.76. The highest BCUT2D eigenvalue weighted by Crippen LogP contribution is 2.22. The highest BCUT2D eigenvalue weighted by atomic mass is 35.5. The molecule has 1 heterocycles. The van der Waals surface area contributed by atoms with Gasteiger partial charge in [0.05, 0.1) is 4.34 Å². The SMILES string of the molecule is CN(CCOc1ccccc1)Cc1ccc(Cl)s1. The summed E-state index contributed by atoms with van der Waals surface area (Å²) in [7, 11) is 2.09. The van der Waals surface area contributed by atoms with Gasteiger partial charge in [-0.25, -0.2) is 0 Å². The molecule has 0 amide bonds. The second kappa shape index (κ2) is 6.78. The molecule has 0 N–H and O–H groups in total.